The molecule has 1 aliphatic carbocycles. The van der Waals surface area contributed by atoms with Crippen molar-refractivity contribution in [3.63, 3.8) is 0 Å². The Morgan fingerprint density at radius 3 is 2.73 bits per heavy atom. The van der Waals surface area contributed by atoms with Gasteiger partial charge in [0.25, 0.3) is 0 Å². The minimum absolute atomic E-state index is 0.0956. The van der Waals surface area contributed by atoms with Crippen LogP contribution in [0.3, 0.4) is 0 Å². The Balaban J connectivity index is 2.01. The summed E-state index contributed by atoms with van der Waals surface area (Å²) in [5, 5.41) is 5.73. The fourth-order valence-corrected chi connectivity index (χ4v) is 2.16. The van der Waals surface area contributed by atoms with Crippen molar-refractivity contribution in [1.82, 2.24) is 15.5 Å². The van der Waals surface area contributed by atoms with Crippen molar-refractivity contribution in [1.29, 1.82) is 0 Å². The summed E-state index contributed by atoms with van der Waals surface area (Å²) in [5.41, 5.74) is -0.419. The molecule has 0 saturated heterocycles. The zero-order valence-electron chi connectivity index (χ0n) is 11.1. The number of aromatic nitrogens is 2. The van der Waals surface area contributed by atoms with Gasteiger partial charge in [-0.1, -0.05) is 23.4 Å². The second kappa shape index (κ2) is 5.32. The second-order valence-corrected chi connectivity index (χ2v) is 4.74. The van der Waals surface area contributed by atoms with Gasteiger partial charge in [-0.05, 0) is 24.5 Å². The van der Waals surface area contributed by atoms with Crippen LogP contribution < -0.4 is 11.1 Å². The normalized spacial score (nSPS) is 21.8. The summed E-state index contributed by atoms with van der Waals surface area (Å²) in [6.07, 6.45) is 2.33. The molecule has 1 aromatic rings. The maximum Gasteiger partial charge on any atom is 0.439 e. The van der Waals surface area contributed by atoms with Crippen LogP contribution in [-0.4, -0.2) is 28.2 Å². The molecule has 1 aliphatic heterocycles. The molecule has 116 valence electrons. The molecule has 0 amide bonds. The van der Waals surface area contributed by atoms with Crippen LogP contribution in [0.25, 0.3) is 0 Å². The number of nitrogens with zero attached hydrogens (tertiary/aromatic N) is 2. The predicted octanol–water partition coefficient (Wildman–Crippen LogP) is 1.80. The third-order valence-corrected chi connectivity index (χ3v) is 3.17. The van der Waals surface area contributed by atoms with E-state index in [9.17, 15) is 18.0 Å². The minimum Gasteiger partial charge on any atom is -0.356 e. The van der Waals surface area contributed by atoms with E-state index < -0.39 is 23.8 Å². The number of allylic oxidation sites excluding steroid dienone is 4. The third-order valence-electron chi connectivity index (χ3n) is 3.17. The van der Waals surface area contributed by atoms with Crippen LogP contribution in [-0.2, 0) is 0 Å². The molecule has 2 aliphatic rings. The molecule has 2 heterocycles. The molecule has 6 nitrogen and oxygen atoms in total. The summed E-state index contributed by atoms with van der Waals surface area (Å²) in [7, 11) is 0. The quantitative estimate of drug-likeness (QED) is 0.872. The summed E-state index contributed by atoms with van der Waals surface area (Å²) < 4.78 is 43.4. The molecule has 0 aromatic carbocycles. The molecule has 0 saturated carbocycles. The monoisotopic (exact) mass is 312 g/mol. The standard InChI is InChI=1S/C13H11F3N4O2/c14-13(15,16)9-6-8(11-19-12(21)22-20-11)17-10(18-9)7-4-2-1-3-5-7/h2,4-6,10,18H,1,3H2,(H,19,20,21). The molecular weight excluding hydrogens is 301 g/mol. The minimum atomic E-state index is -4.57. The van der Waals surface area contributed by atoms with Gasteiger partial charge >= 0.3 is 11.9 Å². The number of nitrogens with one attached hydrogen (secondary N) is 2. The van der Waals surface area contributed by atoms with Gasteiger partial charge in [0.1, 0.15) is 17.6 Å². The highest BCUT2D eigenvalue weighted by atomic mass is 19.4. The number of alkyl halides is 3. The first-order valence-electron chi connectivity index (χ1n) is 6.50. The molecule has 0 fully saturated rings. The smallest absolute Gasteiger partial charge is 0.356 e. The highest BCUT2D eigenvalue weighted by molar-refractivity contribution is 6.07. The van der Waals surface area contributed by atoms with E-state index >= 15 is 0 Å². The van der Waals surface area contributed by atoms with Gasteiger partial charge in [0, 0.05) is 0 Å². The molecule has 2 N–H and O–H groups in total. The zero-order valence-corrected chi connectivity index (χ0v) is 11.1. The first-order valence-corrected chi connectivity index (χ1v) is 6.50. The van der Waals surface area contributed by atoms with Crippen LogP contribution >= 0.6 is 0 Å². The molecule has 0 bridgehead atoms. The average Bonchev–Trinajstić information content (AvgIpc) is 2.93. The van der Waals surface area contributed by atoms with Gasteiger partial charge < -0.3 is 5.32 Å². The Hall–Kier alpha value is -2.58. The lowest BCUT2D eigenvalue weighted by Gasteiger charge is -2.26. The predicted molar refractivity (Wildman–Crippen MR) is 71.2 cm³/mol. The van der Waals surface area contributed by atoms with Crippen LogP contribution in [0.1, 0.15) is 18.7 Å². The Kier molecular flexibility index (Phi) is 3.47. The molecule has 9 heteroatoms. The summed E-state index contributed by atoms with van der Waals surface area (Å²) in [6, 6.07) is 0. The number of H-pyrrole nitrogens is 1. The Morgan fingerprint density at radius 1 is 1.32 bits per heavy atom. The van der Waals surface area contributed by atoms with E-state index in [1.807, 2.05) is 12.2 Å². The van der Waals surface area contributed by atoms with Crippen molar-refractivity contribution in [2.24, 2.45) is 4.99 Å². The summed E-state index contributed by atoms with van der Waals surface area (Å²) in [4.78, 5) is 17.3. The van der Waals surface area contributed by atoms with Crippen LogP contribution in [0, 0.1) is 0 Å². The molecule has 0 spiro atoms. The highest BCUT2D eigenvalue weighted by Crippen LogP contribution is 2.28. The van der Waals surface area contributed by atoms with Crippen molar-refractivity contribution in [3.05, 3.63) is 51.9 Å². The van der Waals surface area contributed by atoms with E-state index in [4.69, 9.17) is 0 Å². The molecule has 1 unspecified atom stereocenters. The first-order chi connectivity index (χ1) is 10.4. The lowest BCUT2D eigenvalue weighted by molar-refractivity contribution is -0.0974. The van der Waals surface area contributed by atoms with E-state index in [0.29, 0.717) is 5.57 Å². The van der Waals surface area contributed by atoms with E-state index in [-0.39, 0.29) is 11.5 Å². The maximum absolute atomic E-state index is 13.0. The van der Waals surface area contributed by atoms with Gasteiger partial charge in [0.2, 0.25) is 5.82 Å². The molecule has 22 heavy (non-hydrogen) atoms. The van der Waals surface area contributed by atoms with Crippen molar-refractivity contribution in [3.8, 4) is 0 Å². The van der Waals surface area contributed by atoms with Gasteiger partial charge in [-0.15, -0.1) is 0 Å². The first kappa shape index (κ1) is 14.4. The number of aliphatic imine (C=N–C) groups is 1. The molecule has 0 radical (unpaired) electrons. The summed E-state index contributed by atoms with van der Waals surface area (Å²) in [5.74, 6) is -0.995. The Labute approximate surface area is 122 Å². The fraction of sp³-hybridized carbons (Fsp3) is 0.308. The lowest BCUT2D eigenvalue weighted by atomic mass is 10.0. The van der Waals surface area contributed by atoms with E-state index in [0.717, 1.165) is 18.9 Å². The number of rotatable bonds is 2. The maximum atomic E-state index is 13.0. The number of halogens is 3. The molecule has 1 aromatic heterocycles. The van der Waals surface area contributed by atoms with Gasteiger partial charge in [0.15, 0.2) is 0 Å². The molecule has 1 atom stereocenters. The average molecular weight is 312 g/mol. The fourth-order valence-electron chi connectivity index (χ4n) is 2.16. The van der Waals surface area contributed by atoms with Crippen LogP contribution in [0.5, 0.6) is 0 Å². The second-order valence-electron chi connectivity index (χ2n) is 4.74. The van der Waals surface area contributed by atoms with E-state index in [1.165, 1.54) is 0 Å². The summed E-state index contributed by atoms with van der Waals surface area (Å²) >= 11 is 0. The van der Waals surface area contributed by atoms with Crippen molar-refractivity contribution in [2.45, 2.75) is 25.2 Å². The van der Waals surface area contributed by atoms with E-state index in [2.05, 4.69) is 25.0 Å². The van der Waals surface area contributed by atoms with Crippen LogP contribution in [0.4, 0.5) is 13.2 Å². The van der Waals surface area contributed by atoms with Crippen LogP contribution in [0.15, 0.2) is 49.9 Å². The third kappa shape index (κ3) is 2.87. The molecular formula is C13H11F3N4O2. The van der Waals surface area contributed by atoms with Gasteiger partial charge in [-0.2, -0.15) is 13.2 Å². The van der Waals surface area contributed by atoms with Gasteiger partial charge in [0.05, 0.1) is 0 Å². The van der Waals surface area contributed by atoms with Crippen molar-refractivity contribution in [2.75, 3.05) is 0 Å². The topological polar surface area (TPSA) is 83.3 Å². The lowest BCUT2D eigenvalue weighted by Crippen LogP contribution is -2.39. The highest BCUT2D eigenvalue weighted by Gasteiger charge is 2.38. The number of hydrogen-bond donors (Lipinski definition) is 2. The number of hydrogen-bond acceptors (Lipinski definition) is 5. The largest absolute Gasteiger partial charge is 0.439 e. The van der Waals surface area contributed by atoms with Gasteiger partial charge in [-0.25, -0.2) is 4.79 Å². The van der Waals surface area contributed by atoms with Crippen molar-refractivity contribution >= 4 is 5.71 Å². The van der Waals surface area contributed by atoms with E-state index in [1.54, 1.807) is 6.08 Å². The summed E-state index contributed by atoms with van der Waals surface area (Å²) in [6.45, 7) is 0. The molecule has 3 rings (SSSR count). The Morgan fingerprint density at radius 2 is 2.14 bits per heavy atom. The SMILES string of the molecule is O=c1[nH]c(C2=NC(C3=CCCC=C3)NC(C(F)(F)F)=C2)no1. The Bertz CT molecular complexity index is 752. The zero-order chi connectivity index (χ0) is 15.7. The van der Waals surface area contributed by atoms with Gasteiger partial charge in [-0.3, -0.25) is 14.5 Å². The number of aromatic amines is 1. The van der Waals surface area contributed by atoms with Crippen molar-refractivity contribution < 1.29 is 17.7 Å². The van der Waals surface area contributed by atoms with Crippen LogP contribution in [0.2, 0.25) is 0 Å².